The molecular weight excluding hydrogens is 176 g/mol. The lowest BCUT2D eigenvalue weighted by Crippen LogP contribution is -2.53. The normalized spacial score (nSPS) is 33.0. The van der Waals surface area contributed by atoms with Crippen LogP contribution in [0.3, 0.4) is 0 Å². The van der Waals surface area contributed by atoms with Gasteiger partial charge in [-0.1, -0.05) is 19.1 Å². The van der Waals surface area contributed by atoms with E-state index >= 15 is 0 Å². The first-order valence-corrected chi connectivity index (χ1v) is 4.92. The van der Waals surface area contributed by atoms with Gasteiger partial charge in [-0.25, -0.2) is 0 Å². The third-order valence-corrected chi connectivity index (χ3v) is 3.41. The second kappa shape index (κ2) is 2.19. The second-order valence-corrected chi connectivity index (χ2v) is 4.56. The number of hydrogen-bond acceptors (Lipinski definition) is 2. The van der Waals surface area contributed by atoms with Gasteiger partial charge in [0.25, 0.3) is 0 Å². The lowest BCUT2D eigenvalue weighted by atomic mass is 9.64. The number of ketones is 1. The van der Waals surface area contributed by atoms with Crippen LogP contribution in [-0.4, -0.2) is 11.9 Å². The van der Waals surface area contributed by atoms with E-state index in [1.807, 2.05) is 13.0 Å². The summed E-state index contributed by atoms with van der Waals surface area (Å²) < 4.78 is 5.65. The summed E-state index contributed by atoms with van der Waals surface area (Å²) >= 11 is 0. The molecule has 1 heterocycles. The fourth-order valence-electron chi connectivity index (χ4n) is 2.53. The minimum atomic E-state index is -0.209. The molecule has 0 N–H and O–H groups in total. The van der Waals surface area contributed by atoms with Crippen LogP contribution in [0.1, 0.15) is 24.5 Å². The zero-order chi connectivity index (χ0) is 9.92. The highest BCUT2D eigenvalue weighted by Crippen LogP contribution is 2.52. The molecule has 1 saturated carbocycles. The highest BCUT2D eigenvalue weighted by Gasteiger charge is 2.58. The monoisotopic (exact) mass is 188 g/mol. The highest BCUT2D eigenvalue weighted by molar-refractivity contribution is 5.95. The first kappa shape index (κ1) is 8.04. The van der Waals surface area contributed by atoms with Gasteiger partial charge >= 0.3 is 0 Å². The Labute approximate surface area is 82.9 Å². The Morgan fingerprint density at radius 2 is 2.29 bits per heavy atom. The van der Waals surface area contributed by atoms with Crippen molar-refractivity contribution in [1.82, 2.24) is 0 Å². The molecule has 1 aromatic carbocycles. The third-order valence-electron chi connectivity index (χ3n) is 3.41. The highest BCUT2D eigenvalue weighted by atomic mass is 16.5. The van der Waals surface area contributed by atoms with Gasteiger partial charge in [0.05, 0.1) is 0 Å². The lowest BCUT2D eigenvalue weighted by molar-refractivity contribution is -0.138. The summed E-state index contributed by atoms with van der Waals surface area (Å²) in [5, 5.41) is 0. The molecule has 2 aliphatic rings. The number of rotatable bonds is 0. The minimum Gasteiger partial charge on any atom is -0.481 e. The largest absolute Gasteiger partial charge is 0.481 e. The van der Waals surface area contributed by atoms with Crippen molar-refractivity contribution in [3.05, 3.63) is 29.3 Å². The van der Waals surface area contributed by atoms with Gasteiger partial charge < -0.3 is 4.74 Å². The molecule has 1 aromatic rings. The van der Waals surface area contributed by atoms with Crippen molar-refractivity contribution in [1.29, 1.82) is 0 Å². The second-order valence-electron chi connectivity index (χ2n) is 4.56. The van der Waals surface area contributed by atoms with E-state index in [0.29, 0.717) is 6.42 Å². The molecule has 3 rings (SSSR count). The summed E-state index contributed by atoms with van der Waals surface area (Å²) in [5.41, 5.74) is 2.34. The van der Waals surface area contributed by atoms with Crippen LogP contribution >= 0.6 is 0 Å². The van der Waals surface area contributed by atoms with Crippen molar-refractivity contribution in [2.75, 3.05) is 0 Å². The molecule has 2 heteroatoms. The molecule has 0 bridgehead atoms. The number of hydrogen-bond donors (Lipinski definition) is 0. The first-order chi connectivity index (χ1) is 6.61. The summed E-state index contributed by atoms with van der Waals surface area (Å²) in [6.45, 7) is 4.15. The van der Waals surface area contributed by atoms with Crippen LogP contribution in [-0.2, 0) is 10.2 Å². The number of fused-ring (bicyclic) bond motifs is 3. The Morgan fingerprint density at radius 1 is 1.50 bits per heavy atom. The maximum absolute atomic E-state index is 11.3. The molecule has 1 aliphatic carbocycles. The molecule has 72 valence electrons. The van der Waals surface area contributed by atoms with Crippen LogP contribution < -0.4 is 4.74 Å². The maximum Gasteiger partial charge on any atom is 0.175 e. The molecular formula is C12H12O2. The van der Waals surface area contributed by atoms with Gasteiger partial charge in [0.15, 0.2) is 11.9 Å². The van der Waals surface area contributed by atoms with E-state index in [4.69, 9.17) is 4.74 Å². The molecule has 0 unspecified atom stereocenters. The van der Waals surface area contributed by atoms with Gasteiger partial charge in [0.2, 0.25) is 0 Å². The van der Waals surface area contributed by atoms with E-state index in [-0.39, 0.29) is 17.3 Å². The molecule has 2 nitrogen and oxygen atoms in total. The summed E-state index contributed by atoms with van der Waals surface area (Å²) in [7, 11) is 0. The Kier molecular flexibility index (Phi) is 1.26. The maximum atomic E-state index is 11.3. The van der Waals surface area contributed by atoms with E-state index in [1.165, 1.54) is 11.1 Å². The van der Waals surface area contributed by atoms with Crippen molar-refractivity contribution in [2.24, 2.45) is 0 Å². The smallest absolute Gasteiger partial charge is 0.175 e. The van der Waals surface area contributed by atoms with Crippen molar-refractivity contribution >= 4 is 5.78 Å². The fourth-order valence-corrected chi connectivity index (χ4v) is 2.53. The summed E-state index contributed by atoms with van der Waals surface area (Å²) in [6, 6.07) is 6.20. The average molecular weight is 188 g/mol. The van der Waals surface area contributed by atoms with Crippen LogP contribution in [0.5, 0.6) is 5.75 Å². The number of carbonyl (C=O) groups is 1. The van der Waals surface area contributed by atoms with Gasteiger partial charge in [-0.05, 0) is 18.6 Å². The van der Waals surface area contributed by atoms with E-state index in [0.717, 1.165) is 5.75 Å². The Morgan fingerprint density at radius 3 is 3.00 bits per heavy atom. The number of aryl methyl sites for hydroxylation is 1. The quantitative estimate of drug-likeness (QED) is 0.622. The molecule has 14 heavy (non-hydrogen) atoms. The van der Waals surface area contributed by atoms with Crippen molar-refractivity contribution < 1.29 is 9.53 Å². The summed E-state index contributed by atoms with van der Waals surface area (Å²) in [4.78, 5) is 11.3. The van der Waals surface area contributed by atoms with Gasteiger partial charge in [0, 0.05) is 17.4 Å². The topological polar surface area (TPSA) is 26.3 Å². The van der Waals surface area contributed by atoms with E-state index in [2.05, 4.69) is 19.1 Å². The van der Waals surface area contributed by atoms with Crippen LogP contribution in [0.4, 0.5) is 0 Å². The van der Waals surface area contributed by atoms with Crippen LogP contribution in [0, 0.1) is 6.92 Å². The van der Waals surface area contributed by atoms with Crippen LogP contribution in [0.15, 0.2) is 18.2 Å². The Hall–Kier alpha value is -1.31. The fraction of sp³-hybridized carbons (Fsp3) is 0.417. The molecule has 2 atom stereocenters. The van der Waals surface area contributed by atoms with E-state index in [1.54, 1.807) is 0 Å². The SMILES string of the molecule is Cc1ccc2c(c1)O[C@H]1C(=O)C[C@@]21C. The van der Waals surface area contributed by atoms with Crippen molar-refractivity contribution in [3.63, 3.8) is 0 Å². The zero-order valence-corrected chi connectivity index (χ0v) is 8.33. The van der Waals surface area contributed by atoms with Gasteiger partial charge in [-0.3, -0.25) is 4.79 Å². The predicted octanol–water partition coefficient (Wildman–Crippen LogP) is 1.99. The molecule has 0 amide bonds. The molecule has 0 radical (unpaired) electrons. The van der Waals surface area contributed by atoms with E-state index < -0.39 is 0 Å². The summed E-state index contributed by atoms with van der Waals surface area (Å²) in [5.74, 6) is 1.14. The standard InChI is InChI=1S/C12H12O2/c1-7-3-4-8-10(5-7)14-11-9(13)6-12(8,11)2/h3-5,11H,6H2,1-2H3/t11-,12-/m0/s1. The van der Waals surface area contributed by atoms with Crippen LogP contribution in [0.2, 0.25) is 0 Å². The molecule has 0 saturated heterocycles. The minimum absolute atomic E-state index is 0.0416. The third kappa shape index (κ3) is 0.746. The molecule has 1 fully saturated rings. The van der Waals surface area contributed by atoms with Gasteiger partial charge in [-0.15, -0.1) is 0 Å². The molecule has 1 aliphatic heterocycles. The lowest BCUT2D eigenvalue weighted by Gasteiger charge is -2.38. The van der Waals surface area contributed by atoms with Crippen LogP contribution in [0.25, 0.3) is 0 Å². The number of ether oxygens (including phenoxy) is 1. The first-order valence-electron chi connectivity index (χ1n) is 4.92. The van der Waals surface area contributed by atoms with Gasteiger partial charge in [-0.2, -0.15) is 0 Å². The average Bonchev–Trinajstić information content (AvgIpc) is 2.35. The van der Waals surface area contributed by atoms with Crippen molar-refractivity contribution in [2.45, 2.75) is 31.8 Å². The molecule has 0 spiro atoms. The Bertz CT molecular complexity index is 436. The molecule has 0 aromatic heterocycles. The predicted molar refractivity (Wildman–Crippen MR) is 52.6 cm³/mol. The van der Waals surface area contributed by atoms with E-state index in [9.17, 15) is 4.79 Å². The van der Waals surface area contributed by atoms with Crippen molar-refractivity contribution in [3.8, 4) is 5.75 Å². The summed E-state index contributed by atoms with van der Waals surface area (Å²) in [6.07, 6.45) is 0.424. The Balaban J connectivity index is 2.16. The van der Waals surface area contributed by atoms with Gasteiger partial charge in [0.1, 0.15) is 5.75 Å². The number of carbonyl (C=O) groups excluding carboxylic acids is 1. The number of benzene rings is 1. The zero-order valence-electron chi connectivity index (χ0n) is 8.33. The number of Topliss-reactive ketones (excluding diaryl/α,β-unsaturated/α-hetero) is 1.